The van der Waals surface area contributed by atoms with Crippen LogP contribution in [0.25, 0.3) is 11.1 Å². The number of ether oxygens (including phenoxy) is 2. The molecule has 0 fully saturated rings. The highest BCUT2D eigenvalue weighted by Crippen LogP contribution is 2.31. The van der Waals surface area contributed by atoms with Gasteiger partial charge in [-0.2, -0.15) is 0 Å². The molecule has 6 nitrogen and oxygen atoms in total. The number of carbonyl (C=O) groups excluding carboxylic acids is 2. The Kier molecular flexibility index (Phi) is 8.82. The van der Waals surface area contributed by atoms with Crippen LogP contribution in [-0.4, -0.2) is 24.5 Å². The number of amides is 2. The molecule has 1 atom stereocenters. The number of para-hydroxylation sites is 1. The molecule has 0 spiro atoms. The van der Waals surface area contributed by atoms with Gasteiger partial charge in [0.05, 0.1) is 9.50 Å². The lowest BCUT2D eigenvalue weighted by Gasteiger charge is -2.16. The average Bonchev–Trinajstić information content (AvgIpc) is 2.91. The van der Waals surface area contributed by atoms with Crippen LogP contribution in [0.4, 0.5) is 11.4 Å². The molecular weight excluding hydrogens is 556 g/mol. The Labute approximate surface area is 228 Å². The second kappa shape index (κ2) is 12.4. The standard InChI is InChI=1S/C29H24BrClN2O4/c1-19(37-27-10-6-5-9-25(27)31)29(35)33-23-14-12-22(13-15-23)32-28(34)18-36-26-16-11-21(17-24(26)30)20-7-3-2-4-8-20/h2-17,19H,18H2,1H3,(H,32,34)(H,33,35). The van der Waals surface area contributed by atoms with E-state index in [-0.39, 0.29) is 18.4 Å². The van der Waals surface area contributed by atoms with E-state index in [1.165, 1.54) is 0 Å². The molecule has 0 aliphatic carbocycles. The van der Waals surface area contributed by atoms with Gasteiger partial charge in [-0.15, -0.1) is 0 Å². The predicted octanol–water partition coefficient (Wildman–Crippen LogP) is 7.19. The van der Waals surface area contributed by atoms with E-state index in [1.807, 2.05) is 48.5 Å². The highest BCUT2D eigenvalue weighted by atomic mass is 79.9. The van der Waals surface area contributed by atoms with E-state index in [4.69, 9.17) is 21.1 Å². The molecule has 0 aliphatic heterocycles. The Morgan fingerprint density at radius 1 is 0.811 bits per heavy atom. The molecule has 8 heteroatoms. The van der Waals surface area contributed by atoms with Gasteiger partial charge in [-0.25, -0.2) is 0 Å². The summed E-state index contributed by atoms with van der Waals surface area (Å²) in [5.41, 5.74) is 3.28. The number of carbonyl (C=O) groups is 2. The first-order valence-corrected chi connectivity index (χ1v) is 12.7. The third-order valence-corrected chi connectivity index (χ3v) is 6.28. The SMILES string of the molecule is CC(Oc1ccccc1Cl)C(=O)Nc1ccc(NC(=O)COc2ccc(-c3ccccc3)cc2Br)cc1. The van der Waals surface area contributed by atoms with Crippen molar-refractivity contribution in [3.63, 3.8) is 0 Å². The van der Waals surface area contributed by atoms with Gasteiger partial charge in [-0.3, -0.25) is 9.59 Å². The van der Waals surface area contributed by atoms with Crippen molar-refractivity contribution in [1.82, 2.24) is 0 Å². The minimum absolute atomic E-state index is 0.154. The number of nitrogens with one attached hydrogen (secondary N) is 2. The fourth-order valence-electron chi connectivity index (χ4n) is 3.43. The summed E-state index contributed by atoms with van der Waals surface area (Å²) in [7, 11) is 0. The van der Waals surface area contributed by atoms with Crippen molar-refractivity contribution in [2.45, 2.75) is 13.0 Å². The Morgan fingerprint density at radius 2 is 1.46 bits per heavy atom. The maximum Gasteiger partial charge on any atom is 0.265 e. The van der Waals surface area contributed by atoms with Crippen LogP contribution in [0.3, 0.4) is 0 Å². The largest absolute Gasteiger partial charge is 0.483 e. The molecule has 2 amide bonds. The van der Waals surface area contributed by atoms with Crippen LogP contribution < -0.4 is 20.1 Å². The zero-order valence-corrected chi connectivity index (χ0v) is 22.3. The Bertz CT molecular complexity index is 1380. The molecular formula is C29H24BrClN2O4. The van der Waals surface area contributed by atoms with Crippen molar-refractivity contribution in [2.75, 3.05) is 17.2 Å². The first kappa shape index (κ1) is 26.3. The number of rotatable bonds is 9. The quantitative estimate of drug-likeness (QED) is 0.220. The van der Waals surface area contributed by atoms with Crippen molar-refractivity contribution < 1.29 is 19.1 Å². The number of hydrogen-bond donors (Lipinski definition) is 2. The van der Waals surface area contributed by atoms with Gasteiger partial charge in [0, 0.05) is 11.4 Å². The summed E-state index contributed by atoms with van der Waals surface area (Å²) >= 11 is 9.60. The third kappa shape index (κ3) is 7.35. The monoisotopic (exact) mass is 578 g/mol. The second-order valence-electron chi connectivity index (χ2n) is 8.11. The lowest BCUT2D eigenvalue weighted by Crippen LogP contribution is -2.30. The number of anilines is 2. The van der Waals surface area contributed by atoms with Gasteiger partial charge in [-0.05, 0) is 82.5 Å². The van der Waals surface area contributed by atoms with Crippen LogP contribution in [0.2, 0.25) is 5.02 Å². The second-order valence-corrected chi connectivity index (χ2v) is 9.37. The first-order valence-electron chi connectivity index (χ1n) is 11.5. The van der Waals surface area contributed by atoms with E-state index in [9.17, 15) is 9.59 Å². The maximum atomic E-state index is 12.5. The fourth-order valence-corrected chi connectivity index (χ4v) is 4.11. The third-order valence-electron chi connectivity index (χ3n) is 5.34. The van der Waals surface area contributed by atoms with Crippen LogP contribution in [0.1, 0.15) is 6.92 Å². The van der Waals surface area contributed by atoms with Gasteiger partial charge in [0.1, 0.15) is 11.5 Å². The molecule has 0 aliphatic rings. The molecule has 4 aromatic rings. The molecule has 188 valence electrons. The van der Waals surface area contributed by atoms with E-state index < -0.39 is 6.10 Å². The Balaban J connectivity index is 1.26. The Morgan fingerprint density at radius 3 is 2.14 bits per heavy atom. The van der Waals surface area contributed by atoms with Gasteiger partial charge in [0.15, 0.2) is 12.7 Å². The van der Waals surface area contributed by atoms with Gasteiger partial charge in [-0.1, -0.05) is 60.1 Å². The van der Waals surface area contributed by atoms with Crippen LogP contribution in [0.5, 0.6) is 11.5 Å². The molecule has 4 aromatic carbocycles. The van der Waals surface area contributed by atoms with E-state index in [0.29, 0.717) is 27.9 Å². The van der Waals surface area contributed by atoms with Gasteiger partial charge >= 0.3 is 0 Å². The molecule has 0 radical (unpaired) electrons. The van der Waals surface area contributed by atoms with E-state index in [0.717, 1.165) is 15.6 Å². The Hall–Kier alpha value is -3.81. The smallest absolute Gasteiger partial charge is 0.265 e. The summed E-state index contributed by atoms with van der Waals surface area (Å²) in [4.78, 5) is 24.9. The molecule has 0 heterocycles. The molecule has 0 saturated heterocycles. The molecule has 0 saturated carbocycles. The van der Waals surface area contributed by atoms with Crippen LogP contribution in [0, 0.1) is 0 Å². The number of halogens is 2. The topological polar surface area (TPSA) is 76.7 Å². The lowest BCUT2D eigenvalue weighted by molar-refractivity contribution is -0.122. The summed E-state index contributed by atoms with van der Waals surface area (Å²) in [6.45, 7) is 1.49. The number of hydrogen-bond acceptors (Lipinski definition) is 4. The first-order chi connectivity index (χ1) is 17.9. The van der Waals surface area contributed by atoms with Crippen molar-refractivity contribution >= 4 is 50.7 Å². The molecule has 0 aromatic heterocycles. The number of benzene rings is 4. The lowest BCUT2D eigenvalue weighted by atomic mass is 10.1. The average molecular weight is 580 g/mol. The van der Waals surface area contributed by atoms with Gasteiger partial charge < -0.3 is 20.1 Å². The van der Waals surface area contributed by atoms with Crippen molar-refractivity contribution in [3.8, 4) is 22.6 Å². The molecule has 1 unspecified atom stereocenters. The van der Waals surface area contributed by atoms with E-state index >= 15 is 0 Å². The summed E-state index contributed by atoms with van der Waals surface area (Å²) in [5.74, 6) is 0.374. The normalized spacial score (nSPS) is 11.3. The van der Waals surface area contributed by atoms with Crippen LogP contribution in [-0.2, 0) is 9.59 Å². The summed E-state index contributed by atoms with van der Waals surface area (Å²) in [6, 6.07) is 29.4. The van der Waals surface area contributed by atoms with Crippen molar-refractivity contribution in [3.05, 3.63) is 107 Å². The van der Waals surface area contributed by atoms with Crippen molar-refractivity contribution in [1.29, 1.82) is 0 Å². The maximum absolute atomic E-state index is 12.5. The minimum Gasteiger partial charge on any atom is -0.483 e. The summed E-state index contributed by atoms with van der Waals surface area (Å²) < 4.78 is 12.1. The zero-order valence-electron chi connectivity index (χ0n) is 19.9. The highest BCUT2D eigenvalue weighted by molar-refractivity contribution is 9.10. The minimum atomic E-state index is -0.752. The van der Waals surface area contributed by atoms with E-state index in [1.54, 1.807) is 55.5 Å². The van der Waals surface area contributed by atoms with Crippen LogP contribution >= 0.6 is 27.5 Å². The molecule has 4 rings (SSSR count). The highest BCUT2D eigenvalue weighted by Gasteiger charge is 2.16. The van der Waals surface area contributed by atoms with Gasteiger partial charge in [0.2, 0.25) is 0 Å². The van der Waals surface area contributed by atoms with Crippen molar-refractivity contribution in [2.24, 2.45) is 0 Å². The van der Waals surface area contributed by atoms with Crippen LogP contribution in [0.15, 0.2) is 102 Å². The zero-order chi connectivity index (χ0) is 26.2. The molecule has 2 N–H and O–H groups in total. The predicted molar refractivity (Wildman–Crippen MR) is 150 cm³/mol. The molecule has 37 heavy (non-hydrogen) atoms. The van der Waals surface area contributed by atoms with Gasteiger partial charge in [0.25, 0.3) is 11.8 Å². The fraction of sp³-hybridized carbons (Fsp3) is 0.103. The summed E-state index contributed by atoms with van der Waals surface area (Å²) in [6.07, 6.45) is -0.752. The summed E-state index contributed by atoms with van der Waals surface area (Å²) in [5, 5.41) is 5.99. The van der Waals surface area contributed by atoms with E-state index in [2.05, 4.69) is 26.6 Å². The molecule has 0 bridgehead atoms.